The fraction of sp³-hybridized carbons (Fsp3) is 0.933. The van der Waals surface area contributed by atoms with Gasteiger partial charge >= 0.3 is 0 Å². The van der Waals surface area contributed by atoms with Crippen molar-refractivity contribution in [1.29, 1.82) is 0 Å². The molecule has 19 heavy (non-hydrogen) atoms. The lowest BCUT2D eigenvalue weighted by Crippen LogP contribution is -2.43. The highest BCUT2D eigenvalue weighted by atomic mass is 16.5. The first-order chi connectivity index (χ1) is 9.22. The normalized spacial score (nSPS) is 27.7. The van der Waals surface area contributed by atoms with Gasteiger partial charge in [0.1, 0.15) is 0 Å². The zero-order valence-electron chi connectivity index (χ0n) is 12.0. The Bertz CT molecular complexity index is 314. The van der Waals surface area contributed by atoms with Crippen LogP contribution >= 0.6 is 0 Å². The maximum atomic E-state index is 12.0. The summed E-state index contributed by atoms with van der Waals surface area (Å²) in [6, 6.07) is 0. The van der Waals surface area contributed by atoms with E-state index in [2.05, 4.69) is 16.8 Å². The average molecular weight is 266 g/mol. The Labute approximate surface area is 116 Å². The Kier molecular flexibility index (Phi) is 4.08. The van der Waals surface area contributed by atoms with E-state index in [4.69, 9.17) is 4.74 Å². The minimum Gasteiger partial charge on any atom is -0.375 e. The number of hydrogen-bond donors (Lipinski definition) is 0. The number of likely N-dealkylation sites (tertiary alicyclic amines) is 2. The second-order valence-electron chi connectivity index (χ2n) is 6.44. The first-order valence-corrected chi connectivity index (χ1v) is 7.85. The molecule has 0 aromatic carbocycles. The van der Waals surface area contributed by atoms with Crippen LogP contribution < -0.4 is 0 Å². The van der Waals surface area contributed by atoms with Gasteiger partial charge in [0.25, 0.3) is 0 Å². The summed E-state index contributed by atoms with van der Waals surface area (Å²) >= 11 is 0. The molecule has 1 aliphatic carbocycles. The summed E-state index contributed by atoms with van der Waals surface area (Å²) in [7, 11) is 2.18. The van der Waals surface area contributed by atoms with E-state index < -0.39 is 0 Å². The van der Waals surface area contributed by atoms with E-state index in [1.165, 1.54) is 0 Å². The summed E-state index contributed by atoms with van der Waals surface area (Å²) in [5.41, 5.74) is 0. The Morgan fingerprint density at radius 3 is 1.95 bits per heavy atom. The molecular weight excluding hydrogens is 240 g/mol. The number of amides is 1. The van der Waals surface area contributed by atoms with Crippen LogP contribution in [-0.2, 0) is 9.53 Å². The van der Waals surface area contributed by atoms with Crippen molar-refractivity contribution in [2.45, 2.75) is 50.7 Å². The Balaban J connectivity index is 1.39. The van der Waals surface area contributed by atoms with Crippen molar-refractivity contribution in [2.75, 3.05) is 33.2 Å². The molecule has 0 N–H and O–H groups in total. The van der Waals surface area contributed by atoms with Crippen molar-refractivity contribution in [1.82, 2.24) is 9.80 Å². The van der Waals surface area contributed by atoms with Gasteiger partial charge in [0.15, 0.2) is 0 Å². The molecule has 0 unspecified atom stereocenters. The van der Waals surface area contributed by atoms with Crippen molar-refractivity contribution >= 4 is 5.91 Å². The quantitative estimate of drug-likeness (QED) is 0.776. The molecule has 4 nitrogen and oxygen atoms in total. The molecule has 1 amide bonds. The maximum Gasteiger partial charge on any atom is 0.225 e. The monoisotopic (exact) mass is 266 g/mol. The van der Waals surface area contributed by atoms with Crippen LogP contribution in [0.15, 0.2) is 0 Å². The third-order valence-electron chi connectivity index (χ3n) is 4.73. The molecule has 1 saturated carbocycles. The van der Waals surface area contributed by atoms with E-state index in [-0.39, 0.29) is 0 Å². The molecule has 0 spiro atoms. The molecule has 3 rings (SSSR count). The lowest BCUT2D eigenvalue weighted by atomic mass is 10.0. The highest BCUT2D eigenvalue weighted by molar-refractivity contribution is 5.81. The van der Waals surface area contributed by atoms with Gasteiger partial charge in [-0.15, -0.1) is 0 Å². The van der Waals surface area contributed by atoms with Crippen molar-refractivity contribution in [2.24, 2.45) is 5.92 Å². The Morgan fingerprint density at radius 2 is 1.42 bits per heavy atom. The summed E-state index contributed by atoms with van der Waals surface area (Å²) in [6.07, 6.45) is 7.46. The number of carbonyl (C=O) groups excluding carboxylic acids is 1. The van der Waals surface area contributed by atoms with Gasteiger partial charge < -0.3 is 14.5 Å². The van der Waals surface area contributed by atoms with Crippen LogP contribution in [0.25, 0.3) is 0 Å². The van der Waals surface area contributed by atoms with Crippen LogP contribution in [0, 0.1) is 5.92 Å². The van der Waals surface area contributed by atoms with E-state index >= 15 is 0 Å². The van der Waals surface area contributed by atoms with Gasteiger partial charge in [0, 0.05) is 32.1 Å². The van der Waals surface area contributed by atoms with E-state index in [1.807, 2.05) is 0 Å². The first kappa shape index (κ1) is 13.4. The van der Waals surface area contributed by atoms with Crippen LogP contribution in [0.5, 0.6) is 0 Å². The average Bonchev–Trinajstić information content (AvgIpc) is 3.26. The molecule has 3 fully saturated rings. The molecule has 0 bridgehead atoms. The van der Waals surface area contributed by atoms with Crippen molar-refractivity contribution in [3.05, 3.63) is 0 Å². The van der Waals surface area contributed by atoms with Gasteiger partial charge in [-0.2, -0.15) is 0 Å². The molecule has 0 aromatic heterocycles. The lowest BCUT2D eigenvalue weighted by Gasteiger charge is -2.36. The Morgan fingerprint density at radius 1 is 0.895 bits per heavy atom. The highest BCUT2D eigenvalue weighted by Gasteiger charge is 2.35. The summed E-state index contributed by atoms with van der Waals surface area (Å²) in [4.78, 5) is 16.4. The predicted molar refractivity (Wildman–Crippen MR) is 73.9 cm³/mol. The lowest BCUT2D eigenvalue weighted by molar-refractivity contribution is -0.136. The fourth-order valence-corrected chi connectivity index (χ4v) is 3.19. The van der Waals surface area contributed by atoms with Crippen LogP contribution in [0.3, 0.4) is 0 Å². The van der Waals surface area contributed by atoms with E-state index in [0.717, 1.165) is 64.7 Å². The van der Waals surface area contributed by atoms with Crippen LogP contribution in [0.4, 0.5) is 0 Å². The van der Waals surface area contributed by atoms with Crippen molar-refractivity contribution < 1.29 is 9.53 Å². The highest BCUT2D eigenvalue weighted by Crippen LogP contribution is 2.32. The summed E-state index contributed by atoms with van der Waals surface area (Å²) in [6.45, 7) is 4.13. The largest absolute Gasteiger partial charge is 0.375 e. The number of piperidine rings is 2. The second kappa shape index (κ2) is 5.80. The predicted octanol–water partition coefficient (Wildman–Crippen LogP) is 1.50. The third kappa shape index (κ3) is 3.48. The first-order valence-electron chi connectivity index (χ1n) is 7.85. The molecule has 108 valence electrons. The molecule has 0 radical (unpaired) electrons. The standard InChI is InChI=1S/C15H26N2O2/c1-16-8-4-13(5-9-16)19-14-6-10-17(11-7-14)15(18)12-2-3-12/h12-14H,2-11H2,1H3. The molecule has 2 saturated heterocycles. The Hall–Kier alpha value is -0.610. The van der Waals surface area contributed by atoms with Gasteiger partial charge in [0.05, 0.1) is 12.2 Å². The van der Waals surface area contributed by atoms with Gasteiger partial charge in [-0.25, -0.2) is 0 Å². The minimum absolute atomic E-state index is 0.367. The molecule has 2 heterocycles. The van der Waals surface area contributed by atoms with Crippen molar-refractivity contribution in [3.8, 4) is 0 Å². The van der Waals surface area contributed by atoms with E-state index in [9.17, 15) is 4.79 Å². The molecule has 4 heteroatoms. The van der Waals surface area contributed by atoms with Gasteiger partial charge in [0.2, 0.25) is 5.91 Å². The summed E-state index contributed by atoms with van der Waals surface area (Å²) in [5.74, 6) is 0.768. The molecule has 2 aliphatic heterocycles. The van der Waals surface area contributed by atoms with Crippen molar-refractivity contribution in [3.63, 3.8) is 0 Å². The van der Waals surface area contributed by atoms with Crippen LogP contribution in [0.1, 0.15) is 38.5 Å². The fourth-order valence-electron chi connectivity index (χ4n) is 3.19. The molecule has 0 atom stereocenters. The number of nitrogens with zero attached hydrogens (tertiary/aromatic N) is 2. The molecule has 0 aromatic rings. The number of carbonyl (C=O) groups is 1. The second-order valence-corrected chi connectivity index (χ2v) is 6.44. The smallest absolute Gasteiger partial charge is 0.225 e. The van der Waals surface area contributed by atoms with Crippen LogP contribution in [0.2, 0.25) is 0 Å². The topological polar surface area (TPSA) is 32.8 Å². The van der Waals surface area contributed by atoms with Crippen LogP contribution in [-0.4, -0.2) is 61.1 Å². The zero-order valence-corrected chi connectivity index (χ0v) is 12.0. The van der Waals surface area contributed by atoms with Gasteiger partial charge in [-0.1, -0.05) is 0 Å². The van der Waals surface area contributed by atoms with E-state index in [1.54, 1.807) is 0 Å². The minimum atomic E-state index is 0.367. The number of hydrogen-bond acceptors (Lipinski definition) is 3. The number of rotatable bonds is 3. The maximum absolute atomic E-state index is 12.0. The van der Waals surface area contributed by atoms with E-state index in [0.29, 0.717) is 24.0 Å². The van der Waals surface area contributed by atoms with Gasteiger partial charge in [-0.3, -0.25) is 4.79 Å². The zero-order chi connectivity index (χ0) is 13.2. The summed E-state index contributed by atoms with van der Waals surface area (Å²) in [5, 5.41) is 0. The molecular formula is C15H26N2O2. The molecule has 3 aliphatic rings. The summed E-state index contributed by atoms with van der Waals surface area (Å²) < 4.78 is 6.22. The van der Waals surface area contributed by atoms with Gasteiger partial charge in [-0.05, 0) is 45.6 Å². The number of ether oxygens (including phenoxy) is 1. The SMILES string of the molecule is CN1CCC(OC2CCN(C(=O)C3CC3)CC2)CC1. The third-order valence-corrected chi connectivity index (χ3v) is 4.73.